The summed E-state index contributed by atoms with van der Waals surface area (Å²) in [7, 11) is -3.99. The molecule has 0 saturated carbocycles. The summed E-state index contributed by atoms with van der Waals surface area (Å²) >= 11 is 0. The van der Waals surface area contributed by atoms with Crippen LogP contribution in [0.2, 0.25) is 0 Å². The van der Waals surface area contributed by atoms with E-state index in [1.165, 1.54) is 12.1 Å². The van der Waals surface area contributed by atoms with Crippen LogP contribution in [0.4, 0.5) is 0 Å². The number of sulfonamides is 1. The summed E-state index contributed by atoms with van der Waals surface area (Å²) in [4.78, 5) is 13.0. The highest BCUT2D eigenvalue weighted by molar-refractivity contribution is 7.90. The van der Waals surface area contributed by atoms with Gasteiger partial charge < -0.3 is 14.2 Å². The smallest absolute Gasteiger partial charge is 0.264 e. The van der Waals surface area contributed by atoms with Gasteiger partial charge in [0.1, 0.15) is 23.7 Å². The van der Waals surface area contributed by atoms with Gasteiger partial charge in [-0.2, -0.15) is 0 Å². The van der Waals surface area contributed by atoms with Crippen LogP contribution in [0, 0.1) is 5.92 Å². The first-order chi connectivity index (χ1) is 19.3. The van der Waals surface area contributed by atoms with Gasteiger partial charge in [-0.15, -0.1) is 0 Å². The molecular weight excluding hydrogens is 538 g/mol. The number of hydrogen-bond acceptors (Lipinski definition) is 6. The predicted molar refractivity (Wildman–Crippen MR) is 157 cm³/mol. The van der Waals surface area contributed by atoms with E-state index in [0.29, 0.717) is 18.8 Å². The van der Waals surface area contributed by atoms with E-state index < -0.39 is 27.6 Å². The average Bonchev–Trinajstić information content (AvgIpc) is 2.91. The lowest BCUT2D eigenvalue weighted by molar-refractivity contribution is -0.155. The van der Waals surface area contributed by atoms with Gasteiger partial charge in [-0.3, -0.25) is 4.79 Å². The molecule has 0 radical (unpaired) electrons. The van der Waals surface area contributed by atoms with Crippen molar-refractivity contribution in [3.05, 3.63) is 89.5 Å². The Bertz CT molecular complexity index is 1490. The Balaban J connectivity index is 1.27. The van der Waals surface area contributed by atoms with Crippen molar-refractivity contribution in [2.45, 2.75) is 88.6 Å². The molecule has 218 valence electrons. The molecule has 1 N–H and O–H groups in total. The molecule has 1 fully saturated rings. The van der Waals surface area contributed by atoms with Crippen molar-refractivity contribution in [2.24, 2.45) is 5.92 Å². The first-order valence-electron chi connectivity index (χ1n) is 14.1. The largest absolute Gasteiger partial charge is 0.489 e. The molecule has 0 spiro atoms. The van der Waals surface area contributed by atoms with Crippen molar-refractivity contribution in [3.63, 3.8) is 0 Å². The number of fused-ring (bicyclic) bond motifs is 3. The van der Waals surface area contributed by atoms with Gasteiger partial charge in [-0.05, 0) is 73.6 Å². The van der Waals surface area contributed by atoms with Gasteiger partial charge in [0.25, 0.3) is 10.0 Å². The monoisotopic (exact) mass is 577 g/mol. The fraction of sp³-hybridized carbons (Fsp3) is 0.424. The van der Waals surface area contributed by atoms with E-state index >= 15 is 0 Å². The molecule has 0 aromatic heterocycles. The molecule has 8 heteroatoms. The highest BCUT2D eigenvalue weighted by atomic mass is 32.2. The fourth-order valence-electron chi connectivity index (χ4n) is 5.66. The van der Waals surface area contributed by atoms with Crippen molar-refractivity contribution in [2.75, 3.05) is 0 Å². The van der Waals surface area contributed by atoms with Crippen LogP contribution in [0.5, 0.6) is 11.5 Å². The lowest BCUT2D eigenvalue weighted by atomic mass is 9.75. The minimum absolute atomic E-state index is 0.0522. The Hall–Kier alpha value is -3.36. The SMILES string of the molecule is CC(C)(C)c1ccc(S(=O)(=O)NC(=O)C[C@@H]2CC[C@@H]3[C@@H](O2)c2cc(OCc4ccccc4)ccc2OC3(C)C)cc1. The minimum atomic E-state index is -3.99. The fourth-order valence-corrected chi connectivity index (χ4v) is 6.66. The Morgan fingerprint density at radius 1 is 1.00 bits per heavy atom. The summed E-state index contributed by atoms with van der Waals surface area (Å²) in [6, 6.07) is 22.4. The average molecular weight is 578 g/mol. The molecule has 2 heterocycles. The van der Waals surface area contributed by atoms with Gasteiger partial charge in [-0.25, -0.2) is 13.1 Å². The first-order valence-corrected chi connectivity index (χ1v) is 15.6. The number of ether oxygens (including phenoxy) is 3. The Kier molecular flexibility index (Phi) is 7.92. The minimum Gasteiger partial charge on any atom is -0.489 e. The van der Waals surface area contributed by atoms with E-state index in [9.17, 15) is 13.2 Å². The van der Waals surface area contributed by atoms with E-state index in [1.807, 2.05) is 48.5 Å². The molecular formula is C33H39NO6S. The van der Waals surface area contributed by atoms with Crippen molar-refractivity contribution in [3.8, 4) is 11.5 Å². The second kappa shape index (κ2) is 11.1. The van der Waals surface area contributed by atoms with Crippen LogP contribution < -0.4 is 14.2 Å². The normalized spacial score (nSPS) is 21.6. The van der Waals surface area contributed by atoms with Crippen molar-refractivity contribution < 1.29 is 27.4 Å². The van der Waals surface area contributed by atoms with Gasteiger partial charge in [0.15, 0.2) is 0 Å². The van der Waals surface area contributed by atoms with Gasteiger partial charge in [0.05, 0.1) is 23.5 Å². The molecule has 7 nitrogen and oxygen atoms in total. The Morgan fingerprint density at radius 2 is 1.71 bits per heavy atom. The zero-order valence-electron chi connectivity index (χ0n) is 24.3. The number of carbonyl (C=O) groups excluding carboxylic acids is 1. The highest BCUT2D eigenvalue weighted by Crippen LogP contribution is 2.51. The first kappa shape index (κ1) is 29.1. The van der Waals surface area contributed by atoms with Crippen molar-refractivity contribution in [1.82, 2.24) is 4.72 Å². The molecule has 1 saturated heterocycles. The zero-order valence-corrected chi connectivity index (χ0v) is 25.2. The second-order valence-electron chi connectivity index (χ2n) is 12.5. The molecule has 0 bridgehead atoms. The summed E-state index contributed by atoms with van der Waals surface area (Å²) in [5.74, 6) is 0.931. The lowest BCUT2D eigenvalue weighted by Crippen LogP contribution is -2.49. The van der Waals surface area contributed by atoms with Gasteiger partial charge in [-0.1, -0.05) is 63.2 Å². The van der Waals surface area contributed by atoms with Crippen LogP contribution in [0.15, 0.2) is 77.7 Å². The van der Waals surface area contributed by atoms with E-state index in [2.05, 4.69) is 39.3 Å². The summed E-state index contributed by atoms with van der Waals surface area (Å²) in [6.07, 6.45) is 0.628. The summed E-state index contributed by atoms with van der Waals surface area (Å²) < 4.78 is 47.0. The number of nitrogens with one attached hydrogen (secondary N) is 1. The molecule has 1 amide bonds. The summed E-state index contributed by atoms with van der Waals surface area (Å²) in [5.41, 5.74) is 2.41. The summed E-state index contributed by atoms with van der Waals surface area (Å²) in [5, 5.41) is 0. The third-order valence-corrected chi connectivity index (χ3v) is 9.39. The second-order valence-corrected chi connectivity index (χ2v) is 14.2. The maximum Gasteiger partial charge on any atom is 0.264 e. The van der Waals surface area contributed by atoms with Crippen molar-refractivity contribution >= 4 is 15.9 Å². The zero-order chi connectivity index (χ0) is 29.4. The maximum absolute atomic E-state index is 12.9. The van der Waals surface area contributed by atoms with Gasteiger partial charge in [0.2, 0.25) is 5.91 Å². The molecule has 2 aliphatic rings. The molecule has 0 aliphatic carbocycles. The molecule has 3 aromatic carbocycles. The van der Waals surface area contributed by atoms with E-state index in [4.69, 9.17) is 14.2 Å². The van der Waals surface area contributed by atoms with Crippen LogP contribution in [0.25, 0.3) is 0 Å². The maximum atomic E-state index is 12.9. The third kappa shape index (κ3) is 6.60. The van der Waals surface area contributed by atoms with Crippen LogP contribution in [0.1, 0.15) is 76.7 Å². The van der Waals surface area contributed by atoms with Gasteiger partial charge in [0, 0.05) is 11.5 Å². The third-order valence-electron chi connectivity index (χ3n) is 8.00. The van der Waals surface area contributed by atoms with Crippen LogP contribution in [0.3, 0.4) is 0 Å². The molecule has 2 aliphatic heterocycles. The van der Waals surface area contributed by atoms with Crippen molar-refractivity contribution in [1.29, 1.82) is 0 Å². The predicted octanol–water partition coefficient (Wildman–Crippen LogP) is 6.47. The standard InChI is InChI=1S/C33H39NO6S/c1-32(2,3)23-11-15-26(16-12-23)41(36,37)34-30(35)20-25-13-17-28-31(39-25)27-19-24(14-18-29(27)40-33(28,4)5)38-21-22-9-7-6-8-10-22/h6-12,14-16,18-19,25,28,31H,13,17,20-21H2,1-5H3,(H,34,35)/t25-,28+,31-/m0/s1. The van der Waals surface area contributed by atoms with Crippen LogP contribution >= 0.6 is 0 Å². The van der Waals surface area contributed by atoms with E-state index in [-0.39, 0.29) is 28.8 Å². The molecule has 3 aromatic rings. The number of carbonyl (C=O) groups is 1. The Labute approximate surface area is 243 Å². The Morgan fingerprint density at radius 3 is 2.39 bits per heavy atom. The molecule has 41 heavy (non-hydrogen) atoms. The quantitative estimate of drug-likeness (QED) is 0.346. The molecule has 3 atom stereocenters. The number of amides is 1. The van der Waals surface area contributed by atoms with E-state index in [0.717, 1.165) is 28.9 Å². The topological polar surface area (TPSA) is 90.9 Å². The van der Waals surface area contributed by atoms with Crippen LogP contribution in [-0.4, -0.2) is 26.0 Å². The molecule has 5 rings (SSSR count). The lowest BCUT2D eigenvalue weighted by Gasteiger charge is -2.48. The summed E-state index contributed by atoms with van der Waals surface area (Å²) in [6.45, 7) is 10.7. The molecule has 0 unspecified atom stereocenters. The van der Waals surface area contributed by atoms with Gasteiger partial charge >= 0.3 is 0 Å². The number of benzene rings is 3. The highest BCUT2D eigenvalue weighted by Gasteiger charge is 2.48. The number of hydrogen-bond donors (Lipinski definition) is 1. The number of rotatable bonds is 7. The van der Waals surface area contributed by atoms with Crippen LogP contribution in [-0.2, 0) is 31.6 Å². The van der Waals surface area contributed by atoms with E-state index in [1.54, 1.807) is 12.1 Å².